The second kappa shape index (κ2) is 7.70. The van der Waals surface area contributed by atoms with E-state index < -0.39 is 5.54 Å². The van der Waals surface area contributed by atoms with E-state index in [9.17, 15) is 9.59 Å². The molecule has 3 rings (SSSR count). The van der Waals surface area contributed by atoms with Gasteiger partial charge in [0, 0.05) is 24.9 Å². The van der Waals surface area contributed by atoms with Crippen molar-refractivity contribution >= 4 is 41.5 Å². The Hall–Kier alpha value is -1.34. The monoisotopic (exact) mass is 373 g/mol. The minimum absolute atomic E-state index is 0. The molecule has 0 unspecified atom stereocenters. The summed E-state index contributed by atoms with van der Waals surface area (Å²) in [7, 11) is 0. The number of amides is 2. The molecular weight excluding hydrogens is 353 g/mol. The summed E-state index contributed by atoms with van der Waals surface area (Å²) in [5.41, 5.74) is 6.09. The van der Waals surface area contributed by atoms with Crippen molar-refractivity contribution in [3.05, 3.63) is 28.8 Å². The zero-order chi connectivity index (χ0) is 16.4. The van der Waals surface area contributed by atoms with Gasteiger partial charge in [-0.25, -0.2) is 0 Å². The van der Waals surface area contributed by atoms with Gasteiger partial charge in [-0.3, -0.25) is 9.59 Å². The lowest BCUT2D eigenvalue weighted by atomic mass is 9.90. The fourth-order valence-corrected chi connectivity index (χ4v) is 2.69. The first kappa shape index (κ1) is 19.0. The van der Waals surface area contributed by atoms with Crippen LogP contribution in [0.4, 0.5) is 5.69 Å². The fraction of sp³-hybridized carbons (Fsp3) is 0.500. The van der Waals surface area contributed by atoms with Crippen LogP contribution in [0.1, 0.15) is 36.0 Å². The molecule has 0 aromatic heterocycles. The van der Waals surface area contributed by atoms with Crippen LogP contribution in [-0.4, -0.2) is 36.6 Å². The Labute approximate surface area is 151 Å². The number of hydrogen-bond donors (Lipinski definition) is 3. The average molecular weight is 374 g/mol. The van der Waals surface area contributed by atoms with Crippen LogP contribution < -0.4 is 16.4 Å². The van der Waals surface area contributed by atoms with E-state index in [0.29, 0.717) is 42.3 Å². The summed E-state index contributed by atoms with van der Waals surface area (Å²) in [5, 5.41) is 6.03. The first-order valence-corrected chi connectivity index (χ1v) is 8.14. The van der Waals surface area contributed by atoms with Crippen LogP contribution in [0.25, 0.3) is 0 Å². The van der Waals surface area contributed by atoms with Crippen LogP contribution in [0.5, 0.6) is 0 Å². The number of nitrogens with one attached hydrogen (secondary N) is 2. The molecule has 1 aromatic carbocycles. The molecule has 4 N–H and O–H groups in total. The lowest BCUT2D eigenvalue weighted by molar-refractivity contribution is -0.124. The molecular formula is C16H21Cl2N3O3. The van der Waals surface area contributed by atoms with Crippen LogP contribution in [0, 0.1) is 0 Å². The summed E-state index contributed by atoms with van der Waals surface area (Å²) in [6.45, 7) is 0.944. The van der Waals surface area contributed by atoms with Gasteiger partial charge < -0.3 is 21.1 Å². The van der Waals surface area contributed by atoms with Crippen molar-refractivity contribution in [2.24, 2.45) is 5.73 Å². The minimum Gasteiger partial charge on any atom is -0.381 e. The predicted molar refractivity (Wildman–Crippen MR) is 94.8 cm³/mol. The maximum Gasteiger partial charge on any atom is 0.253 e. The van der Waals surface area contributed by atoms with Gasteiger partial charge in [0.1, 0.15) is 5.54 Å². The van der Waals surface area contributed by atoms with Crippen molar-refractivity contribution < 1.29 is 14.3 Å². The van der Waals surface area contributed by atoms with E-state index >= 15 is 0 Å². The Morgan fingerprint density at radius 3 is 2.54 bits per heavy atom. The Bertz CT molecular complexity index is 629. The van der Waals surface area contributed by atoms with Crippen LogP contribution in [0.3, 0.4) is 0 Å². The van der Waals surface area contributed by atoms with E-state index in [0.717, 1.165) is 12.8 Å². The first-order valence-electron chi connectivity index (χ1n) is 7.76. The molecule has 1 aromatic rings. The third-order valence-corrected chi connectivity index (χ3v) is 4.55. The molecule has 6 nitrogen and oxygen atoms in total. The largest absolute Gasteiger partial charge is 0.381 e. The van der Waals surface area contributed by atoms with Crippen LogP contribution in [0.2, 0.25) is 5.02 Å². The standard InChI is InChI=1S/C16H20ClN3O3.ClH/c17-13-4-3-11(9-12(13)14(21)19-10-1-2-10)20-15(22)16(18)5-7-23-8-6-16;/h3-4,9-10H,1-2,5-8,18H2,(H,19,21)(H,20,22);1H. The highest BCUT2D eigenvalue weighted by Crippen LogP contribution is 2.25. The molecule has 1 saturated carbocycles. The molecule has 1 saturated heterocycles. The number of ether oxygens (including phenoxy) is 1. The maximum absolute atomic E-state index is 12.4. The summed E-state index contributed by atoms with van der Waals surface area (Å²) in [6, 6.07) is 5.09. The van der Waals surface area contributed by atoms with E-state index in [4.69, 9.17) is 22.1 Å². The highest BCUT2D eigenvalue weighted by molar-refractivity contribution is 6.34. The Kier molecular flexibility index (Phi) is 6.09. The summed E-state index contributed by atoms with van der Waals surface area (Å²) >= 11 is 6.09. The Morgan fingerprint density at radius 1 is 1.25 bits per heavy atom. The molecule has 1 heterocycles. The zero-order valence-corrected chi connectivity index (χ0v) is 14.7. The van der Waals surface area contributed by atoms with Gasteiger partial charge in [-0.2, -0.15) is 0 Å². The van der Waals surface area contributed by atoms with Crippen molar-refractivity contribution in [3.8, 4) is 0 Å². The van der Waals surface area contributed by atoms with E-state index in [1.807, 2.05) is 0 Å². The van der Waals surface area contributed by atoms with Crippen molar-refractivity contribution in [2.45, 2.75) is 37.3 Å². The Balaban J connectivity index is 0.00000208. The number of rotatable bonds is 4. The number of anilines is 1. The SMILES string of the molecule is Cl.NC1(C(=O)Nc2ccc(Cl)c(C(=O)NC3CC3)c2)CCOCC1. The smallest absolute Gasteiger partial charge is 0.253 e. The predicted octanol–water partition coefficient (Wildman–Crippen LogP) is 2.10. The normalized spacial score (nSPS) is 19.1. The third kappa shape index (κ3) is 4.39. The van der Waals surface area contributed by atoms with Crippen LogP contribution >= 0.6 is 24.0 Å². The number of nitrogens with two attached hydrogens (primary N) is 1. The highest BCUT2D eigenvalue weighted by atomic mass is 35.5. The molecule has 2 fully saturated rings. The van der Waals surface area contributed by atoms with E-state index in [1.54, 1.807) is 18.2 Å². The summed E-state index contributed by atoms with van der Waals surface area (Å²) < 4.78 is 5.24. The third-order valence-electron chi connectivity index (χ3n) is 4.22. The molecule has 1 aliphatic carbocycles. The second-order valence-electron chi connectivity index (χ2n) is 6.16. The van der Waals surface area contributed by atoms with Gasteiger partial charge in [0.15, 0.2) is 0 Å². The number of benzene rings is 1. The molecule has 0 bridgehead atoms. The summed E-state index contributed by atoms with van der Waals surface area (Å²) in [5.74, 6) is -0.487. The van der Waals surface area contributed by atoms with Gasteiger partial charge in [-0.05, 0) is 43.9 Å². The van der Waals surface area contributed by atoms with Crippen molar-refractivity contribution in [3.63, 3.8) is 0 Å². The molecule has 8 heteroatoms. The molecule has 1 aliphatic heterocycles. The van der Waals surface area contributed by atoms with Crippen molar-refractivity contribution in [1.82, 2.24) is 5.32 Å². The number of hydrogen-bond acceptors (Lipinski definition) is 4. The van der Waals surface area contributed by atoms with Gasteiger partial charge >= 0.3 is 0 Å². The van der Waals surface area contributed by atoms with Crippen molar-refractivity contribution in [2.75, 3.05) is 18.5 Å². The molecule has 0 radical (unpaired) electrons. The number of carbonyl (C=O) groups is 2. The molecule has 0 atom stereocenters. The van der Waals surface area contributed by atoms with Crippen LogP contribution in [0.15, 0.2) is 18.2 Å². The van der Waals surface area contributed by atoms with Crippen molar-refractivity contribution in [1.29, 1.82) is 0 Å². The number of halogens is 2. The quantitative estimate of drug-likeness (QED) is 0.753. The van der Waals surface area contributed by atoms with Gasteiger partial charge in [0.25, 0.3) is 5.91 Å². The minimum atomic E-state index is -0.936. The summed E-state index contributed by atoms with van der Waals surface area (Å²) in [6.07, 6.45) is 2.94. The maximum atomic E-state index is 12.4. The second-order valence-corrected chi connectivity index (χ2v) is 6.57. The first-order chi connectivity index (χ1) is 11.0. The zero-order valence-electron chi connectivity index (χ0n) is 13.1. The van der Waals surface area contributed by atoms with Crippen LogP contribution in [-0.2, 0) is 9.53 Å². The van der Waals surface area contributed by atoms with E-state index in [-0.39, 0.29) is 30.3 Å². The topological polar surface area (TPSA) is 93.5 Å². The fourth-order valence-electron chi connectivity index (χ4n) is 2.49. The number of carbonyl (C=O) groups excluding carboxylic acids is 2. The van der Waals surface area contributed by atoms with Gasteiger partial charge in [0.2, 0.25) is 5.91 Å². The van der Waals surface area contributed by atoms with Gasteiger partial charge in [0.05, 0.1) is 10.6 Å². The molecule has 24 heavy (non-hydrogen) atoms. The molecule has 0 spiro atoms. The lowest BCUT2D eigenvalue weighted by Crippen LogP contribution is -2.54. The van der Waals surface area contributed by atoms with E-state index in [2.05, 4.69) is 10.6 Å². The van der Waals surface area contributed by atoms with Gasteiger partial charge in [-0.15, -0.1) is 12.4 Å². The lowest BCUT2D eigenvalue weighted by Gasteiger charge is -2.31. The van der Waals surface area contributed by atoms with E-state index in [1.165, 1.54) is 0 Å². The average Bonchev–Trinajstić information content (AvgIpc) is 3.33. The van der Waals surface area contributed by atoms with Gasteiger partial charge in [-0.1, -0.05) is 11.6 Å². The molecule has 2 amide bonds. The molecule has 132 valence electrons. The summed E-state index contributed by atoms with van der Waals surface area (Å²) in [4.78, 5) is 24.6. The highest BCUT2D eigenvalue weighted by Gasteiger charge is 2.36. The molecule has 2 aliphatic rings. The Morgan fingerprint density at radius 2 is 1.92 bits per heavy atom.